The van der Waals surface area contributed by atoms with E-state index in [0.29, 0.717) is 12.4 Å². The van der Waals surface area contributed by atoms with Crippen molar-refractivity contribution < 1.29 is 23.6 Å². The lowest BCUT2D eigenvalue weighted by molar-refractivity contribution is -0.143. The van der Waals surface area contributed by atoms with E-state index in [1.807, 2.05) is 45.9 Å². The number of nitrogens with one attached hydrogen (secondary N) is 1. The molecule has 0 unspecified atom stereocenters. The molecule has 0 aliphatic carbocycles. The highest BCUT2D eigenvalue weighted by Gasteiger charge is 2.23. The van der Waals surface area contributed by atoms with E-state index in [0.717, 1.165) is 16.9 Å². The van der Waals surface area contributed by atoms with Gasteiger partial charge in [-0.25, -0.2) is 0 Å². The van der Waals surface area contributed by atoms with Crippen LogP contribution in [0.25, 0.3) is 0 Å². The predicted octanol–water partition coefficient (Wildman–Crippen LogP) is 3.58. The third-order valence-corrected chi connectivity index (χ3v) is 4.32. The first-order valence-electron chi connectivity index (χ1n) is 9.42. The molecular weight excluding hydrogens is 360 g/mol. The molecule has 0 aliphatic rings. The fraction of sp³-hybridized carbons (Fsp3) is 0.476. The molecular formula is C21H28N2O5. The molecule has 0 saturated heterocycles. The van der Waals surface area contributed by atoms with E-state index in [9.17, 15) is 9.59 Å². The standard InChI is InChI=1S/C21H28N2O5/c1-6-26-20(24)11-17(13(2)3)22-21(25)18-10-16(28-23-18)12-27-19-9-14(4)7-8-15(19)5/h7-10,13,17H,6,11-12H2,1-5H3,(H,22,25)/t17-/m1/s1. The van der Waals surface area contributed by atoms with Crippen LogP contribution in [0.3, 0.4) is 0 Å². The minimum atomic E-state index is -0.398. The van der Waals surface area contributed by atoms with Crippen molar-refractivity contribution in [2.45, 2.75) is 53.7 Å². The highest BCUT2D eigenvalue weighted by Crippen LogP contribution is 2.20. The maximum absolute atomic E-state index is 12.5. The summed E-state index contributed by atoms with van der Waals surface area (Å²) < 4.78 is 15.9. The Morgan fingerprint density at radius 2 is 1.96 bits per heavy atom. The highest BCUT2D eigenvalue weighted by molar-refractivity contribution is 5.92. The monoisotopic (exact) mass is 388 g/mol. The number of rotatable bonds is 9. The number of benzene rings is 1. The highest BCUT2D eigenvalue weighted by atomic mass is 16.5. The molecule has 2 rings (SSSR count). The smallest absolute Gasteiger partial charge is 0.307 e. The molecule has 0 bridgehead atoms. The minimum absolute atomic E-state index is 0.0624. The van der Waals surface area contributed by atoms with Crippen molar-refractivity contribution in [3.05, 3.63) is 46.8 Å². The Kier molecular flexibility index (Phi) is 7.61. The Balaban J connectivity index is 1.96. The lowest BCUT2D eigenvalue weighted by atomic mass is 10.0. The van der Waals surface area contributed by atoms with Crippen LogP contribution in [-0.4, -0.2) is 29.7 Å². The van der Waals surface area contributed by atoms with Gasteiger partial charge in [0, 0.05) is 12.1 Å². The first-order valence-corrected chi connectivity index (χ1v) is 9.42. The lowest BCUT2D eigenvalue weighted by Gasteiger charge is -2.20. The molecule has 28 heavy (non-hydrogen) atoms. The number of ether oxygens (including phenoxy) is 2. The van der Waals surface area contributed by atoms with Crippen LogP contribution in [0, 0.1) is 19.8 Å². The van der Waals surface area contributed by atoms with Crippen LogP contribution in [-0.2, 0) is 16.1 Å². The van der Waals surface area contributed by atoms with Gasteiger partial charge in [-0.3, -0.25) is 9.59 Å². The van der Waals surface area contributed by atoms with Gasteiger partial charge in [-0.05, 0) is 43.9 Å². The molecule has 0 radical (unpaired) electrons. The van der Waals surface area contributed by atoms with Crippen molar-refractivity contribution in [3.8, 4) is 5.75 Å². The largest absolute Gasteiger partial charge is 0.485 e. The van der Waals surface area contributed by atoms with Gasteiger partial charge in [0.15, 0.2) is 11.5 Å². The second-order valence-corrected chi connectivity index (χ2v) is 7.07. The molecule has 1 aromatic heterocycles. The molecule has 1 atom stereocenters. The number of carbonyl (C=O) groups is 2. The van der Waals surface area contributed by atoms with Gasteiger partial charge in [0.25, 0.3) is 5.91 Å². The van der Waals surface area contributed by atoms with E-state index >= 15 is 0 Å². The fourth-order valence-electron chi connectivity index (χ4n) is 2.59. The average molecular weight is 388 g/mol. The van der Waals surface area contributed by atoms with Crippen molar-refractivity contribution >= 4 is 11.9 Å². The second-order valence-electron chi connectivity index (χ2n) is 7.07. The third kappa shape index (κ3) is 6.11. The molecule has 1 heterocycles. The summed E-state index contributed by atoms with van der Waals surface area (Å²) >= 11 is 0. The SMILES string of the molecule is CCOC(=O)C[C@@H](NC(=O)c1cc(COc2cc(C)ccc2C)on1)C(C)C. The summed E-state index contributed by atoms with van der Waals surface area (Å²) in [5.41, 5.74) is 2.26. The molecule has 0 aliphatic heterocycles. The summed E-state index contributed by atoms with van der Waals surface area (Å²) in [5.74, 6) is 0.524. The first kappa shape index (κ1) is 21.5. The third-order valence-electron chi connectivity index (χ3n) is 4.32. The quantitative estimate of drug-likeness (QED) is 0.660. The Hall–Kier alpha value is -2.83. The Morgan fingerprint density at radius 1 is 1.21 bits per heavy atom. The van der Waals surface area contributed by atoms with Crippen molar-refractivity contribution in [1.82, 2.24) is 10.5 Å². The average Bonchev–Trinajstić information content (AvgIpc) is 3.11. The minimum Gasteiger partial charge on any atom is -0.485 e. The fourth-order valence-corrected chi connectivity index (χ4v) is 2.59. The van der Waals surface area contributed by atoms with Gasteiger partial charge in [-0.2, -0.15) is 0 Å². The number of amides is 1. The van der Waals surface area contributed by atoms with Gasteiger partial charge in [-0.15, -0.1) is 0 Å². The van der Waals surface area contributed by atoms with E-state index < -0.39 is 5.91 Å². The number of hydrogen-bond acceptors (Lipinski definition) is 6. The molecule has 1 N–H and O–H groups in total. The molecule has 1 amide bonds. The van der Waals surface area contributed by atoms with Crippen LogP contribution in [0.15, 0.2) is 28.8 Å². The van der Waals surface area contributed by atoms with E-state index in [1.165, 1.54) is 0 Å². The molecule has 0 spiro atoms. The predicted molar refractivity (Wildman–Crippen MR) is 104 cm³/mol. The maximum Gasteiger partial charge on any atom is 0.307 e. The maximum atomic E-state index is 12.5. The summed E-state index contributed by atoms with van der Waals surface area (Å²) in [6.45, 7) is 10.0. The Labute approximate surface area is 165 Å². The number of esters is 1. The summed E-state index contributed by atoms with van der Waals surface area (Å²) in [6.07, 6.45) is 0.109. The van der Waals surface area contributed by atoms with Crippen LogP contribution >= 0.6 is 0 Å². The number of aromatic nitrogens is 1. The topological polar surface area (TPSA) is 90.7 Å². The second kappa shape index (κ2) is 9.92. The zero-order chi connectivity index (χ0) is 20.7. The van der Waals surface area contributed by atoms with Gasteiger partial charge in [0.2, 0.25) is 0 Å². The Bertz CT molecular complexity index is 813. The van der Waals surface area contributed by atoms with Crippen molar-refractivity contribution in [2.75, 3.05) is 6.61 Å². The normalized spacial score (nSPS) is 11.9. The van der Waals surface area contributed by atoms with Gasteiger partial charge >= 0.3 is 5.97 Å². The molecule has 152 valence electrons. The lowest BCUT2D eigenvalue weighted by Crippen LogP contribution is -2.40. The number of aryl methyl sites for hydroxylation is 2. The van der Waals surface area contributed by atoms with E-state index in [-0.39, 0.29) is 36.7 Å². The van der Waals surface area contributed by atoms with Crippen LogP contribution in [0.1, 0.15) is 54.6 Å². The van der Waals surface area contributed by atoms with Crippen LogP contribution in [0.2, 0.25) is 0 Å². The van der Waals surface area contributed by atoms with Gasteiger partial charge in [0.05, 0.1) is 13.0 Å². The van der Waals surface area contributed by atoms with Gasteiger partial charge < -0.3 is 19.3 Å². The van der Waals surface area contributed by atoms with E-state index in [2.05, 4.69) is 10.5 Å². The summed E-state index contributed by atoms with van der Waals surface area (Å²) in [6, 6.07) is 7.14. The summed E-state index contributed by atoms with van der Waals surface area (Å²) in [5, 5.41) is 6.64. The molecule has 0 fully saturated rings. The van der Waals surface area contributed by atoms with Gasteiger partial charge in [-0.1, -0.05) is 31.1 Å². The van der Waals surface area contributed by atoms with E-state index in [1.54, 1.807) is 13.0 Å². The summed E-state index contributed by atoms with van der Waals surface area (Å²) in [7, 11) is 0. The zero-order valence-electron chi connectivity index (χ0n) is 17.1. The molecule has 1 aromatic carbocycles. The first-order chi connectivity index (χ1) is 13.3. The number of hydrogen-bond donors (Lipinski definition) is 1. The van der Waals surface area contributed by atoms with E-state index in [4.69, 9.17) is 14.0 Å². The zero-order valence-corrected chi connectivity index (χ0v) is 17.1. The van der Waals surface area contributed by atoms with Crippen LogP contribution in [0.5, 0.6) is 5.75 Å². The van der Waals surface area contributed by atoms with Crippen molar-refractivity contribution in [3.63, 3.8) is 0 Å². The number of nitrogens with zero attached hydrogens (tertiary/aromatic N) is 1. The Morgan fingerprint density at radius 3 is 2.64 bits per heavy atom. The molecule has 2 aromatic rings. The van der Waals surface area contributed by atoms with Crippen LogP contribution in [0.4, 0.5) is 0 Å². The summed E-state index contributed by atoms with van der Waals surface area (Å²) in [4.78, 5) is 24.2. The van der Waals surface area contributed by atoms with Crippen molar-refractivity contribution in [1.29, 1.82) is 0 Å². The molecule has 7 heteroatoms. The molecule has 0 saturated carbocycles. The van der Waals surface area contributed by atoms with Gasteiger partial charge in [0.1, 0.15) is 12.4 Å². The van der Waals surface area contributed by atoms with Crippen molar-refractivity contribution in [2.24, 2.45) is 5.92 Å². The van der Waals surface area contributed by atoms with Crippen LogP contribution < -0.4 is 10.1 Å². The molecule has 7 nitrogen and oxygen atoms in total. The number of carbonyl (C=O) groups excluding carboxylic acids is 2.